The molecule has 6 nitrogen and oxygen atoms in total. The van der Waals surface area contributed by atoms with E-state index >= 15 is 0 Å². The van der Waals surface area contributed by atoms with Crippen LogP contribution in [0, 0.1) is 23.7 Å². The first-order valence-corrected chi connectivity index (χ1v) is 8.52. The van der Waals surface area contributed by atoms with Crippen molar-refractivity contribution in [2.75, 3.05) is 14.1 Å². The standard InChI is InChI=1S/C17H29N3O3/c1-10-5-11(2)17(19-20(3)4)13(6-10)14(21)7-12-8-15(22)18-16(23)9-12/h10-14,21H,5-9H2,1-4H3,(H,18,22,23)/b19-17-/t10-,11+,13+,14-/m1/s1. The molecule has 1 aliphatic carbocycles. The number of piperidine rings is 1. The van der Waals surface area contributed by atoms with Gasteiger partial charge in [0.2, 0.25) is 11.8 Å². The lowest BCUT2D eigenvalue weighted by molar-refractivity contribution is -0.135. The molecule has 1 aliphatic heterocycles. The molecule has 0 spiro atoms. The first kappa shape index (κ1) is 17.9. The lowest BCUT2D eigenvalue weighted by atomic mass is 9.71. The maximum atomic E-state index is 11.5. The molecule has 2 rings (SSSR count). The summed E-state index contributed by atoms with van der Waals surface area (Å²) in [7, 11) is 3.79. The number of hydrogen-bond acceptors (Lipinski definition) is 5. The van der Waals surface area contributed by atoms with Crippen LogP contribution in [0.25, 0.3) is 0 Å². The highest BCUT2D eigenvalue weighted by Gasteiger charge is 2.37. The summed E-state index contributed by atoms with van der Waals surface area (Å²) in [5.74, 6) is 0.367. The van der Waals surface area contributed by atoms with E-state index in [4.69, 9.17) is 0 Å². The molecule has 2 N–H and O–H groups in total. The Labute approximate surface area is 138 Å². The van der Waals surface area contributed by atoms with E-state index in [1.54, 1.807) is 5.01 Å². The molecule has 6 heteroatoms. The molecule has 0 aromatic heterocycles. The Bertz CT molecular complexity index is 473. The zero-order chi connectivity index (χ0) is 17.1. The van der Waals surface area contributed by atoms with Gasteiger partial charge in [0.15, 0.2) is 0 Å². The molecule has 0 unspecified atom stereocenters. The van der Waals surface area contributed by atoms with E-state index in [2.05, 4.69) is 24.3 Å². The third-order valence-electron chi connectivity index (χ3n) is 4.88. The number of aliphatic hydroxyl groups excluding tert-OH is 1. The van der Waals surface area contributed by atoms with Gasteiger partial charge in [0, 0.05) is 38.6 Å². The van der Waals surface area contributed by atoms with Gasteiger partial charge in [-0.15, -0.1) is 0 Å². The number of rotatable bonds is 4. The number of amides is 2. The predicted molar refractivity (Wildman–Crippen MR) is 88.7 cm³/mol. The van der Waals surface area contributed by atoms with Gasteiger partial charge in [0.1, 0.15) is 0 Å². The fraction of sp³-hybridized carbons (Fsp3) is 0.824. The molecule has 2 fully saturated rings. The van der Waals surface area contributed by atoms with Gasteiger partial charge in [-0.3, -0.25) is 14.9 Å². The van der Waals surface area contributed by atoms with Crippen molar-refractivity contribution in [3.63, 3.8) is 0 Å². The van der Waals surface area contributed by atoms with Crippen LogP contribution in [-0.2, 0) is 9.59 Å². The molecule has 130 valence electrons. The quantitative estimate of drug-likeness (QED) is 0.605. The van der Waals surface area contributed by atoms with Gasteiger partial charge >= 0.3 is 0 Å². The highest BCUT2D eigenvalue weighted by molar-refractivity contribution is 5.97. The highest BCUT2D eigenvalue weighted by atomic mass is 16.3. The first-order valence-electron chi connectivity index (χ1n) is 8.52. The van der Waals surface area contributed by atoms with E-state index < -0.39 is 6.10 Å². The maximum Gasteiger partial charge on any atom is 0.226 e. The van der Waals surface area contributed by atoms with Crippen molar-refractivity contribution in [2.45, 2.75) is 52.1 Å². The summed E-state index contributed by atoms with van der Waals surface area (Å²) in [6.45, 7) is 4.37. The first-order chi connectivity index (χ1) is 10.8. The molecule has 0 bridgehead atoms. The number of nitrogens with one attached hydrogen (secondary N) is 1. The summed E-state index contributed by atoms with van der Waals surface area (Å²) in [5.41, 5.74) is 1.05. The van der Waals surface area contributed by atoms with Gasteiger partial charge < -0.3 is 10.1 Å². The van der Waals surface area contributed by atoms with Crippen molar-refractivity contribution in [1.82, 2.24) is 10.3 Å². The Balaban J connectivity index is 2.09. The third kappa shape index (κ3) is 4.77. The van der Waals surface area contributed by atoms with Crippen LogP contribution >= 0.6 is 0 Å². The van der Waals surface area contributed by atoms with Crippen molar-refractivity contribution in [3.8, 4) is 0 Å². The van der Waals surface area contributed by atoms with Gasteiger partial charge in [-0.25, -0.2) is 0 Å². The minimum absolute atomic E-state index is 0.0104. The van der Waals surface area contributed by atoms with E-state index in [0.29, 0.717) is 31.1 Å². The van der Waals surface area contributed by atoms with Crippen LogP contribution in [0.15, 0.2) is 5.10 Å². The predicted octanol–water partition coefficient (Wildman–Crippen LogP) is 1.39. The number of carbonyl (C=O) groups is 2. The zero-order valence-corrected chi connectivity index (χ0v) is 14.6. The van der Waals surface area contributed by atoms with Crippen LogP contribution in [-0.4, -0.2) is 47.8 Å². The lowest BCUT2D eigenvalue weighted by Crippen LogP contribution is -2.43. The van der Waals surface area contributed by atoms with Gasteiger partial charge in [0.05, 0.1) is 6.10 Å². The molecule has 0 radical (unpaired) electrons. The maximum absolute atomic E-state index is 11.5. The smallest absolute Gasteiger partial charge is 0.226 e. The van der Waals surface area contributed by atoms with Crippen LogP contribution in [0.5, 0.6) is 0 Å². The molecule has 4 atom stereocenters. The Morgan fingerprint density at radius 3 is 2.39 bits per heavy atom. The second kappa shape index (κ2) is 7.43. The number of hydrazone groups is 1. The van der Waals surface area contributed by atoms with Crippen LogP contribution in [0.4, 0.5) is 0 Å². The molecular weight excluding hydrogens is 294 g/mol. The van der Waals surface area contributed by atoms with E-state index in [9.17, 15) is 14.7 Å². The molecule has 0 aromatic carbocycles. The van der Waals surface area contributed by atoms with Crippen molar-refractivity contribution in [3.05, 3.63) is 0 Å². The molecule has 23 heavy (non-hydrogen) atoms. The summed E-state index contributed by atoms with van der Waals surface area (Å²) >= 11 is 0. The number of carbonyl (C=O) groups excluding carboxylic acids is 2. The molecule has 1 saturated heterocycles. The monoisotopic (exact) mass is 323 g/mol. The van der Waals surface area contributed by atoms with Gasteiger partial charge in [-0.2, -0.15) is 5.10 Å². The lowest BCUT2D eigenvalue weighted by Gasteiger charge is -2.37. The van der Waals surface area contributed by atoms with Gasteiger partial charge in [-0.05, 0) is 37.0 Å². The van der Waals surface area contributed by atoms with Crippen LogP contribution in [0.3, 0.4) is 0 Å². The average Bonchev–Trinajstić information content (AvgIpc) is 2.39. The normalized spacial score (nSPS) is 32.7. The third-order valence-corrected chi connectivity index (χ3v) is 4.88. The molecule has 1 heterocycles. The fourth-order valence-electron chi connectivity index (χ4n) is 4.02. The van der Waals surface area contributed by atoms with Crippen LogP contribution in [0.1, 0.15) is 46.0 Å². The SMILES string of the molecule is C[C@H]1C[C@@H]([C@H](O)CC2CC(=O)NC(=O)C2)/C(=N\N(C)C)[C@@H](C)C1. The Morgan fingerprint density at radius 1 is 1.22 bits per heavy atom. The van der Waals surface area contributed by atoms with Gasteiger partial charge in [-0.1, -0.05) is 13.8 Å². The van der Waals surface area contributed by atoms with E-state index in [-0.39, 0.29) is 23.7 Å². The molecule has 2 amide bonds. The average molecular weight is 323 g/mol. The van der Waals surface area contributed by atoms with Crippen LogP contribution < -0.4 is 5.32 Å². The summed E-state index contributed by atoms with van der Waals surface area (Å²) in [6, 6.07) is 0. The largest absolute Gasteiger partial charge is 0.392 e. The van der Waals surface area contributed by atoms with E-state index in [0.717, 1.165) is 18.6 Å². The second-order valence-electron chi connectivity index (χ2n) is 7.50. The molecular formula is C17H29N3O3. The number of nitrogens with zero attached hydrogens (tertiary/aromatic N) is 2. The minimum Gasteiger partial charge on any atom is -0.392 e. The fourth-order valence-corrected chi connectivity index (χ4v) is 4.02. The summed E-state index contributed by atoms with van der Waals surface area (Å²) < 4.78 is 0. The minimum atomic E-state index is -0.553. The summed E-state index contributed by atoms with van der Waals surface area (Å²) in [5, 5.41) is 19.5. The second-order valence-corrected chi connectivity index (χ2v) is 7.50. The number of hydrogen-bond donors (Lipinski definition) is 2. The summed E-state index contributed by atoms with van der Waals surface area (Å²) in [6.07, 6.45) is 2.56. The number of imide groups is 1. The topological polar surface area (TPSA) is 82.0 Å². The van der Waals surface area contributed by atoms with Crippen LogP contribution in [0.2, 0.25) is 0 Å². The van der Waals surface area contributed by atoms with Crippen molar-refractivity contribution >= 4 is 17.5 Å². The Kier molecular flexibility index (Phi) is 5.79. The van der Waals surface area contributed by atoms with Crippen molar-refractivity contribution < 1.29 is 14.7 Å². The van der Waals surface area contributed by atoms with E-state index in [1.165, 1.54) is 0 Å². The van der Waals surface area contributed by atoms with Crippen molar-refractivity contribution in [1.29, 1.82) is 0 Å². The Hall–Kier alpha value is -1.43. The van der Waals surface area contributed by atoms with Crippen molar-refractivity contribution in [2.24, 2.45) is 28.8 Å². The van der Waals surface area contributed by atoms with E-state index in [1.807, 2.05) is 14.1 Å². The zero-order valence-electron chi connectivity index (χ0n) is 14.6. The summed E-state index contributed by atoms with van der Waals surface area (Å²) in [4.78, 5) is 23.0. The highest BCUT2D eigenvalue weighted by Crippen LogP contribution is 2.35. The Morgan fingerprint density at radius 2 is 1.83 bits per heavy atom. The van der Waals surface area contributed by atoms with Gasteiger partial charge in [0.25, 0.3) is 0 Å². The molecule has 1 saturated carbocycles. The molecule has 2 aliphatic rings. The number of aliphatic hydroxyl groups is 1. The molecule has 0 aromatic rings.